The lowest BCUT2D eigenvalue weighted by molar-refractivity contribution is 0.0358. The van der Waals surface area contributed by atoms with Crippen molar-refractivity contribution < 1.29 is 17.9 Å². The van der Waals surface area contributed by atoms with Crippen LogP contribution in [0.3, 0.4) is 0 Å². The van der Waals surface area contributed by atoms with E-state index in [9.17, 15) is 8.42 Å². The highest BCUT2D eigenvalue weighted by molar-refractivity contribution is 7.94. The first-order chi connectivity index (χ1) is 13.1. The maximum Gasteiger partial charge on any atom is 0.199 e. The van der Waals surface area contributed by atoms with Crippen LogP contribution >= 0.6 is 0 Å². The van der Waals surface area contributed by atoms with Crippen molar-refractivity contribution in [3.8, 4) is 5.75 Å². The number of hydrogen-bond donors (Lipinski definition) is 0. The number of nitrogens with zero attached hydrogens (tertiary/aromatic N) is 2. The summed E-state index contributed by atoms with van der Waals surface area (Å²) in [5.41, 5.74) is 0.598. The molecule has 3 rings (SSSR count). The van der Waals surface area contributed by atoms with Gasteiger partial charge >= 0.3 is 0 Å². The van der Waals surface area contributed by atoms with Gasteiger partial charge in [-0.2, -0.15) is 0 Å². The summed E-state index contributed by atoms with van der Waals surface area (Å²) in [7, 11) is -3.51. The minimum atomic E-state index is -3.51. The Hall–Kier alpha value is -2.22. The standard InChI is InChI=1S/C20H24N2O4S/c23-27(24,17-9-18-4-1-2-10-21-18)20-7-5-19(6-8-20)26-14-3-11-22-12-15-25-16-13-22/h1-2,4-10,17H,3,11-16H2/b17-9+. The van der Waals surface area contributed by atoms with Crippen LogP contribution in [0.1, 0.15) is 12.1 Å². The van der Waals surface area contributed by atoms with Crippen molar-refractivity contribution in [1.29, 1.82) is 0 Å². The van der Waals surface area contributed by atoms with Gasteiger partial charge in [0.15, 0.2) is 9.84 Å². The highest BCUT2D eigenvalue weighted by Crippen LogP contribution is 2.18. The van der Waals surface area contributed by atoms with Gasteiger partial charge in [0.25, 0.3) is 0 Å². The molecule has 1 aliphatic rings. The molecule has 2 aromatic rings. The quantitative estimate of drug-likeness (QED) is 0.648. The largest absolute Gasteiger partial charge is 0.494 e. The third-order valence-electron chi connectivity index (χ3n) is 4.25. The van der Waals surface area contributed by atoms with Crippen molar-refractivity contribution in [1.82, 2.24) is 9.88 Å². The zero-order valence-electron chi connectivity index (χ0n) is 15.2. The van der Waals surface area contributed by atoms with Crippen LogP contribution in [0, 0.1) is 0 Å². The van der Waals surface area contributed by atoms with Crippen molar-refractivity contribution >= 4 is 15.9 Å². The highest BCUT2D eigenvalue weighted by atomic mass is 32.2. The van der Waals surface area contributed by atoms with E-state index in [1.165, 1.54) is 11.5 Å². The van der Waals surface area contributed by atoms with Gasteiger partial charge in [-0.1, -0.05) is 6.07 Å². The molecule has 0 radical (unpaired) electrons. The minimum absolute atomic E-state index is 0.232. The Bertz CT molecular complexity index is 830. The molecule has 1 aromatic carbocycles. The van der Waals surface area contributed by atoms with Crippen LogP contribution in [0.4, 0.5) is 0 Å². The van der Waals surface area contributed by atoms with Crippen LogP contribution in [-0.4, -0.2) is 57.8 Å². The van der Waals surface area contributed by atoms with E-state index < -0.39 is 9.84 Å². The summed E-state index contributed by atoms with van der Waals surface area (Å²) in [5.74, 6) is 0.671. The molecule has 6 nitrogen and oxygen atoms in total. The second-order valence-corrected chi connectivity index (χ2v) is 8.06. The molecule has 2 heterocycles. The van der Waals surface area contributed by atoms with Gasteiger partial charge in [0.1, 0.15) is 5.75 Å². The Morgan fingerprint density at radius 1 is 1.11 bits per heavy atom. The van der Waals surface area contributed by atoms with Crippen LogP contribution in [0.5, 0.6) is 5.75 Å². The van der Waals surface area contributed by atoms with Crippen molar-refractivity contribution in [2.75, 3.05) is 39.5 Å². The van der Waals surface area contributed by atoms with Gasteiger partial charge < -0.3 is 9.47 Å². The molecule has 27 heavy (non-hydrogen) atoms. The number of morpholine rings is 1. The number of rotatable bonds is 8. The van der Waals surface area contributed by atoms with Crippen molar-refractivity contribution in [3.63, 3.8) is 0 Å². The van der Waals surface area contributed by atoms with Gasteiger partial charge in [0.05, 0.1) is 30.4 Å². The monoisotopic (exact) mass is 388 g/mol. The number of benzene rings is 1. The SMILES string of the molecule is O=S(=O)(/C=C/c1ccccn1)c1ccc(OCCCN2CCOCC2)cc1. The molecule has 144 valence electrons. The molecule has 7 heteroatoms. The van der Waals surface area contributed by atoms with Gasteiger partial charge in [0.2, 0.25) is 0 Å². The van der Waals surface area contributed by atoms with Crippen LogP contribution < -0.4 is 4.74 Å². The lowest BCUT2D eigenvalue weighted by Crippen LogP contribution is -2.37. The summed E-state index contributed by atoms with van der Waals surface area (Å²) in [5, 5.41) is 1.17. The van der Waals surface area contributed by atoms with Gasteiger partial charge in [-0.05, 0) is 48.9 Å². The second kappa shape index (κ2) is 9.64. The Morgan fingerprint density at radius 2 is 1.89 bits per heavy atom. The van der Waals surface area contributed by atoms with Crippen LogP contribution in [0.2, 0.25) is 0 Å². The summed E-state index contributed by atoms with van der Waals surface area (Å²) in [6.45, 7) is 5.12. The smallest absolute Gasteiger partial charge is 0.199 e. The molecule has 0 aliphatic carbocycles. The van der Waals surface area contributed by atoms with E-state index in [0.717, 1.165) is 39.3 Å². The van der Waals surface area contributed by atoms with E-state index in [-0.39, 0.29) is 4.90 Å². The van der Waals surface area contributed by atoms with Crippen LogP contribution in [0.25, 0.3) is 6.08 Å². The maximum atomic E-state index is 12.4. The average Bonchev–Trinajstić information content (AvgIpc) is 2.72. The van der Waals surface area contributed by atoms with Gasteiger partial charge in [0, 0.05) is 31.2 Å². The van der Waals surface area contributed by atoms with Crippen LogP contribution in [-0.2, 0) is 14.6 Å². The van der Waals surface area contributed by atoms with E-state index in [4.69, 9.17) is 9.47 Å². The van der Waals surface area contributed by atoms with Crippen molar-refractivity contribution in [2.24, 2.45) is 0 Å². The summed E-state index contributed by atoms with van der Waals surface area (Å²) in [4.78, 5) is 6.67. The predicted molar refractivity (Wildman–Crippen MR) is 104 cm³/mol. The average molecular weight is 388 g/mol. The van der Waals surface area contributed by atoms with E-state index in [1.807, 2.05) is 6.07 Å². The topological polar surface area (TPSA) is 68.7 Å². The van der Waals surface area contributed by atoms with E-state index in [2.05, 4.69) is 9.88 Å². The molecule has 1 fully saturated rings. The number of ether oxygens (including phenoxy) is 2. The lowest BCUT2D eigenvalue weighted by atomic mass is 10.3. The second-order valence-electron chi connectivity index (χ2n) is 6.23. The first-order valence-electron chi connectivity index (χ1n) is 9.01. The molecular formula is C20H24N2O4S. The summed E-state index contributed by atoms with van der Waals surface area (Å²) in [6.07, 6.45) is 4.04. The van der Waals surface area contributed by atoms with E-state index in [0.29, 0.717) is 18.1 Å². The zero-order valence-corrected chi connectivity index (χ0v) is 16.0. The molecular weight excluding hydrogens is 364 g/mol. The van der Waals surface area contributed by atoms with Gasteiger partial charge in [-0.15, -0.1) is 0 Å². The van der Waals surface area contributed by atoms with E-state index in [1.54, 1.807) is 42.6 Å². The normalized spacial score (nSPS) is 15.9. The fraction of sp³-hybridized carbons (Fsp3) is 0.350. The molecule has 0 bridgehead atoms. The molecule has 0 amide bonds. The molecule has 1 aromatic heterocycles. The third kappa shape index (κ3) is 6.16. The first-order valence-corrected chi connectivity index (χ1v) is 10.6. The van der Waals surface area contributed by atoms with E-state index >= 15 is 0 Å². The Balaban J connectivity index is 1.49. The molecule has 0 unspecified atom stereocenters. The Kier molecular flexibility index (Phi) is 6.98. The molecule has 1 aliphatic heterocycles. The fourth-order valence-corrected chi connectivity index (χ4v) is 3.73. The fourth-order valence-electron chi connectivity index (χ4n) is 2.74. The number of aromatic nitrogens is 1. The first kappa shape index (κ1) is 19.5. The van der Waals surface area contributed by atoms with Crippen LogP contribution in [0.15, 0.2) is 59.0 Å². The number of hydrogen-bond acceptors (Lipinski definition) is 6. The molecule has 0 saturated carbocycles. The van der Waals surface area contributed by atoms with Gasteiger partial charge in [-0.3, -0.25) is 9.88 Å². The predicted octanol–water partition coefficient (Wildman–Crippen LogP) is 2.63. The van der Waals surface area contributed by atoms with Crippen molar-refractivity contribution in [3.05, 3.63) is 59.8 Å². The third-order valence-corrected chi connectivity index (χ3v) is 5.67. The molecule has 0 N–H and O–H groups in total. The Morgan fingerprint density at radius 3 is 2.59 bits per heavy atom. The molecule has 0 spiro atoms. The van der Waals surface area contributed by atoms with Gasteiger partial charge in [-0.25, -0.2) is 8.42 Å². The summed E-state index contributed by atoms with van der Waals surface area (Å²) >= 11 is 0. The Labute approximate surface area is 160 Å². The number of sulfone groups is 1. The zero-order chi connectivity index (χ0) is 19.0. The number of pyridine rings is 1. The summed E-state index contributed by atoms with van der Waals surface area (Å²) < 4.78 is 35.8. The lowest BCUT2D eigenvalue weighted by Gasteiger charge is -2.26. The highest BCUT2D eigenvalue weighted by Gasteiger charge is 2.11. The van der Waals surface area contributed by atoms with Crippen molar-refractivity contribution in [2.45, 2.75) is 11.3 Å². The summed E-state index contributed by atoms with van der Waals surface area (Å²) in [6, 6.07) is 11.9. The minimum Gasteiger partial charge on any atom is -0.494 e. The maximum absolute atomic E-state index is 12.4. The molecule has 1 saturated heterocycles. The molecule has 0 atom stereocenters.